The summed E-state index contributed by atoms with van der Waals surface area (Å²) in [6.07, 6.45) is 29.4. The van der Waals surface area contributed by atoms with Crippen molar-refractivity contribution in [1.82, 2.24) is 5.32 Å². The average Bonchev–Trinajstić information content (AvgIpc) is 3.29. The van der Waals surface area contributed by atoms with Crippen molar-refractivity contribution < 1.29 is 64.6 Å². The Morgan fingerprint density at radius 1 is 0.578 bits per heavy atom. The fraction of sp³-hybridized carbons (Fsp3) is 0.700. The molecule has 0 radical (unpaired) electrons. The van der Waals surface area contributed by atoms with Crippen LogP contribution in [0.4, 0.5) is 0 Å². The van der Waals surface area contributed by atoms with Gasteiger partial charge in [0.25, 0.3) is 0 Å². The Balaban J connectivity index is 1.79. The van der Waals surface area contributed by atoms with Gasteiger partial charge < -0.3 is 65.1 Å². The molecule has 0 aliphatic carbocycles. The van der Waals surface area contributed by atoms with Gasteiger partial charge in [0.1, 0.15) is 48.8 Å². The lowest BCUT2D eigenvalue weighted by atomic mass is 9.97. The predicted octanol–water partition coefficient (Wildman–Crippen LogP) is 5.43. The van der Waals surface area contributed by atoms with Gasteiger partial charge in [0, 0.05) is 6.42 Å². The molecule has 0 aromatic rings. The number of carbonyl (C=O) groups excluding carboxylic acids is 1. The summed E-state index contributed by atoms with van der Waals surface area (Å²) in [5, 5.41) is 86.3. The Morgan fingerprint density at radius 3 is 1.64 bits per heavy atom. The maximum Gasteiger partial charge on any atom is 0.220 e. The highest BCUT2D eigenvalue weighted by atomic mass is 16.7. The third-order valence-electron chi connectivity index (χ3n) is 11.1. The molecule has 2 heterocycles. The van der Waals surface area contributed by atoms with E-state index < -0.39 is 86.8 Å². The van der Waals surface area contributed by atoms with E-state index in [2.05, 4.69) is 92.1 Å². The number of nitrogens with one attached hydrogen (secondary N) is 1. The van der Waals surface area contributed by atoms with Gasteiger partial charge in [-0.1, -0.05) is 137 Å². The van der Waals surface area contributed by atoms with E-state index in [0.29, 0.717) is 6.42 Å². The van der Waals surface area contributed by atoms with Crippen LogP contribution in [0.2, 0.25) is 0 Å². The van der Waals surface area contributed by atoms with Crippen LogP contribution in [0, 0.1) is 0 Å². The van der Waals surface area contributed by atoms with Crippen molar-refractivity contribution in [3.05, 3.63) is 85.1 Å². The predicted molar refractivity (Wildman–Crippen MR) is 249 cm³/mol. The lowest BCUT2D eigenvalue weighted by Gasteiger charge is -2.46. The SMILES string of the molecule is CC/C=C\C/C=C\C/C=C\C/C=C\C/C=C\C/C=C\CCCCCCC(=O)NC(COC1OC(CO)C(OC2OC(CO)C(O)C(O)C2O)C(O)C1O)C(O)/C=C/CCCCCCC. The molecule has 2 rings (SSSR count). The Kier molecular flexibility index (Phi) is 32.5. The van der Waals surface area contributed by atoms with Crippen molar-refractivity contribution in [3.8, 4) is 0 Å². The molecule has 0 bridgehead atoms. The van der Waals surface area contributed by atoms with Crippen molar-refractivity contribution >= 4 is 5.91 Å². The molecule has 14 heteroatoms. The van der Waals surface area contributed by atoms with E-state index in [1.165, 1.54) is 6.42 Å². The van der Waals surface area contributed by atoms with Gasteiger partial charge in [0.2, 0.25) is 5.91 Å². The summed E-state index contributed by atoms with van der Waals surface area (Å²) >= 11 is 0. The highest BCUT2D eigenvalue weighted by molar-refractivity contribution is 5.76. The third kappa shape index (κ3) is 23.6. The van der Waals surface area contributed by atoms with Crippen molar-refractivity contribution in [3.63, 3.8) is 0 Å². The smallest absolute Gasteiger partial charge is 0.220 e. The third-order valence-corrected chi connectivity index (χ3v) is 11.1. The van der Waals surface area contributed by atoms with Crippen molar-refractivity contribution in [2.75, 3.05) is 19.8 Å². The molecule has 2 saturated heterocycles. The zero-order valence-electron chi connectivity index (χ0n) is 38.5. The lowest BCUT2D eigenvalue weighted by molar-refractivity contribution is -0.359. The molecule has 2 aliphatic rings. The Bertz CT molecular complexity index is 1400. The Labute approximate surface area is 382 Å². The minimum atomic E-state index is -1.79. The molecule has 0 saturated carbocycles. The molecule has 2 aliphatic heterocycles. The van der Waals surface area contributed by atoms with Crippen LogP contribution in [-0.2, 0) is 23.7 Å². The van der Waals surface area contributed by atoms with E-state index in [1.807, 2.05) is 6.08 Å². The first-order chi connectivity index (χ1) is 31.1. The van der Waals surface area contributed by atoms with Crippen LogP contribution < -0.4 is 5.32 Å². The van der Waals surface area contributed by atoms with Gasteiger partial charge in [0.15, 0.2) is 12.6 Å². The molecule has 0 aromatic carbocycles. The second-order valence-electron chi connectivity index (χ2n) is 16.5. The van der Waals surface area contributed by atoms with Gasteiger partial charge in [-0.2, -0.15) is 0 Å². The number of carbonyl (C=O) groups is 1. The van der Waals surface area contributed by atoms with Crippen molar-refractivity contribution in [2.24, 2.45) is 0 Å². The van der Waals surface area contributed by atoms with Crippen LogP contribution in [0.1, 0.15) is 129 Å². The van der Waals surface area contributed by atoms with E-state index in [1.54, 1.807) is 6.08 Å². The van der Waals surface area contributed by atoms with Crippen LogP contribution in [0.5, 0.6) is 0 Å². The number of ether oxygens (including phenoxy) is 4. The quantitative estimate of drug-likeness (QED) is 0.0291. The maximum atomic E-state index is 13.1. The number of allylic oxidation sites excluding steroid dienone is 13. The number of hydrogen-bond donors (Lipinski definition) is 9. The van der Waals surface area contributed by atoms with Crippen molar-refractivity contribution in [1.29, 1.82) is 0 Å². The number of unbranched alkanes of at least 4 members (excludes halogenated alkanes) is 9. The van der Waals surface area contributed by atoms with E-state index in [-0.39, 0.29) is 18.9 Å². The maximum absolute atomic E-state index is 13.1. The van der Waals surface area contributed by atoms with Gasteiger partial charge in [-0.3, -0.25) is 4.79 Å². The largest absolute Gasteiger partial charge is 0.394 e. The molecule has 64 heavy (non-hydrogen) atoms. The first-order valence-electron chi connectivity index (χ1n) is 23.8. The molecule has 14 nitrogen and oxygen atoms in total. The second kappa shape index (κ2) is 36.3. The Morgan fingerprint density at radius 2 is 1.08 bits per heavy atom. The van der Waals surface area contributed by atoms with Crippen LogP contribution >= 0.6 is 0 Å². The lowest BCUT2D eigenvalue weighted by Crippen LogP contribution is -2.65. The highest BCUT2D eigenvalue weighted by Gasteiger charge is 2.50. The summed E-state index contributed by atoms with van der Waals surface area (Å²) < 4.78 is 22.6. The van der Waals surface area contributed by atoms with Crippen LogP contribution in [-0.4, -0.2) is 140 Å². The average molecular weight is 906 g/mol. The molecular weight excluding hydrogens is 823 g/mol. The molecule has 1 amide bonds. The molecule has 9 N–H and O–H groups in total. The molecule has 12 unspecified atom stereocenters. The normalized spacial score (nSPS) is 28.0. The first kappa shape index (κ1) is 57.3. The van der Waals surface area contributed by atoms with E-state index in [4.69, 9.17) is 18.9 Å². The number of amides is 1. The highest BCUT2D eigenvalue weighted by Crippen LogP contribution is 2.30. The summed E-state index contributed by atoms with van der Waals surface area (Å²) in [5.74, 6) is -0.274. The molecule has 2 fully saturated rings. The van der Waals surface area contributed by atoms with E-state index >= 15 is 0 Å². The summed E-state index contributed by atoms with van der Waals surface area (Å²) in [5.41, 5.74) is 0. The van der Waals surface area contributed by atoms with Crippen LogP contribution in [0.3, 0.4) is 0 Å². The molecule has 366 valence electrons. The fourth-order valence-electron chi connectivity index (χ4n) is 7.17. The second-order valence-corrected chi connectivity index (χ2v) is 16.5. The molecular formula is C50H83NO13. The molecule has 0 spiro atoms. The minimum absolute atomic E-state index is 0.245. The fourth-order valence-corrected chi connectivity index (χ4v) is 7.17. The summed E-state index contributed by atoms with van der Waals surface area (Å²) in [4.78, 5) is 13.1. The Hall–Kier alpha value is -2.83. The zero-order valence-corrected chi connectivity index (χ0v) is 38.5. The van der Waals surface area contributed by atoms with Gasteiger partial charge in [-0.25, -0.2) is 0 Å². The zero-order chi connectivity index (χ0) is 46.8. The van der Waals surface area contributed by atoms with Gasteiger partial charge in [0.05, 0.1) is 32.0 Å². The minimum Gasteiger partial charge on any atom is -0.394 e. The van der Waals surface area contributed by atoms with Gasteiger partial charge in [-0.15, -0.1) is 0 Å². The topological polar surface area (TPSA) is 228 Å². The molecule has 12 atom stereocenters. The van der Waals surface area contributed by atoms with E-state index in [9.17, 15) is 45.6 Å². The summed E-state index contributed by atoms with van der Waals surface area (Å²) in [6, 6.07) is -0.930. The van der Waals surface area contributed by atoms with Gasteiger partial charge in [-0.05, 0) is 70.6 Å². The van der Waals surface area contributed by atoms with Gasteiger partial charge >= 0.3 is 0 Å². The number of aliphatic hydroxyl groups is 8. The van der Waals surface area contributed by atoms with E-state index in [0.717, 1.165) is 96.3 Å². The number of aliphatic hydroxyl groups excluding tert-OH is 8. The molecule has 0 aromatic heterocycles. The first-order valence-corrected chi connectivity index (χ1v) is 23.8. The van der Waals surface area contributed by atoms with Crippen LogP contribution in [0.25, 0.3) is 0 Å². The van der Waals surface area contributed by atoms with Crippen molar-refractivity contribution in [2.45, 2.75) is 203 Å². The monoisotopic (exact) mass is 906 g/mol. The number of rotatable bonds is 34. The number of hydrogen-bond acceptors (Lipinski definition) is 13. The van der Waals surface area contributed by atoms with Crippen LogP contribution in [0.15, 0.2) is 85.1 Å². The summed E-state index contributed by atoms with van der Waals surface area (Å²) in [7, 11) is 0. The standard InChI is InChI=1S/C50H83NO13/c1-3-5-7-9-11-12-13-14-15-16-17-18-19-20-21-22-23-24-25-26-28-30-32-34-42(55)51-38(39(54)33-31-29-27-10-8-6-4-2)37-61-49-47(60)45(58)48(41(36-53)63-49)64-50-46(59)44(57)43(56)40(35-52)62-50/h5,7,11-12,14-15,17-18,20-21,23-24,31,33,38-41,43-50,52-54,56-60H,3-4,6,8-10,13,16,19,22,25-30,32,34-37H2,1-2H3,(H,51,55)/b7-5-,12-11-,15-14-,18-17-,21-20-,24-23-,33-31+. The summed E-state index contributed by atoms with van der Waals surface area (Å²) in [6.45, 7) is 2.54.